The number of thiol groups is 1. The molecule has 0 saturated heterocycles. The van der Waals surface area contributed by atoms with Crippen LogP contribution in [0.5, 0.6) is 0 Å². The zero-order chi connectivity index (χ0) is 10.9. The lowest BCUT2D eigenvalue weighted by molar-refractivity contribution is -0.227. The molecule has 0 heterocycles. The molecule has 0 aliphatic rings. The van der Waals surface area contributed by atoms with E-state index >= 15 is 0 Å². The summed E-state index contributed by atoms with van der Waals surface area (Å²) in [6.07, 6.45) is 6.18. The standard InChI is InChI=1S/C4H4O3.C3H7NS2/c1-3-6-7-4(2)5;1-4(2)3(5)6/h1H,2H3;1-2H3,(H,5,6). The first-order chi connectivity index (χ1) is 5.91. The Hall–Kier alpha value is -0.930. The fraction of sp³-hybridized carbons (Fsp3) is 0.429. The van der Waals surface area contributed by atoms with Gasteiger partial charge in [-0.3, -0.25) is 0 Å². The highest BCUT2D eigenvalue weighted by atomic mass is 32.1. The average Bonchev–Trinajstić information content (AvgIpc) is 2.01. The molecule has 0 fully saturated rings. The van der Waals surface area contributed by atoms with Crippen LogP contribution < -0.4 is 0 Å². The van der Waals surface area contributed by atoms with Crippen molar-refractivity contribution in [2.24, 2.45) is 0 Å². The van der Waals surface area contributed by atoms with Gasteiger partial charge in [0, 0.05) is 21.0 Å². The minimum atomic E-state index is -0.557. The first-order valence-corrected chi connectivity index (χ1v) is 3.97. The molecule has 0 N–H and O–H groups in total. The number of rotatable bonds is 1. The maximum absolute atomic E-state index is 9.76. The quantitative estimate of drug-likeness (QED) is 0.233. The molecule has 13 heavy (non-hydrogen) atoms. The largest absolute Gasteiger partial charge is 0.364 e. The Morgan fingerprint density at radius 2 is 2.00 bits per heavy atom. The molecule has 0 atom stereocenters. The van der Waals surface area contributed by atoms with Crippen LogP contribution in [0.25, 0.3) is 0 Å². The SMILES string of the molecule is C#COOC(C)=O.CN(C)C(=S)S. The van der Waals surface area contributed by atoms with Crippen LogP contribution in [0.4, 0.5) is 0 Å². The van der Waals surface area contributed by atoms with Gasteiger partial charge in [0.15, 0.2) is 6.11 Å². The van der Waals surface area contributed by atoms with E-state index < -0.39 is 5.97 Å². The minimum Gasteiger partial charge on any atom is -0.364 e. The summed E-state index contributed by atoms with van der Waals surface area (Å²) in [6.45, 7) is 1.19. The summed E-state index contributed by atoms with van der Waals surface area (Å²) in [4.78, 5) is 19.1. The molecule has 0 aromatic carbocycles. The van der Waals surface area contributed by atoms with Crippen molar-refractivity contribution in [1.29, 1.82) is 0 Å². The Bertz CT molecular complexity index is 210. The molecule has 4 nitrogen and oxygen atoms in total. The fourth-order valence-corrected chi connectivity index (χ4v) is 0.0827. The lowest BCUT2D eigenvalue weighted by Crippen LogP contribution is -2.12. The van der Waals surface area contributed by atoms with Crippen molar-refractivity contribution in [3.05, 3.63) is 0 Å². The molecule has 0 aromatic rings. The maximum atomic E-state index is 9.76. The topological polar surface area (TPSA) is 38.8 Å². The fourth-order valence-electron chi connectivity index (χ4n) is 0.0827. The Morgan fingerprint density at radius 1 is 1.62 bits per heavy atom. The average molecular weight is 221 g/mol. The molecule has 0 radical (unpaired) electrons. The highest BCUT2D eigenvalue weighted by Gasteiger charge is 1.86. The van der Waals surface area contributed by atoms with Crippen molar-refractivity contribution in [2.75, 3.05) is 14.1 Å². The molecule has 0 rings (SSSR count). The summed E-state index contributed by atoms with van der Waals surface area (Å²) in [7, 11) is 3.71. The van der Waals surface area contributed by atoms with Gasteiger partial charge in [-0.25, -0.2) is 14.6 Å². The van der Waals surface area contributed by atoms with E-state index in [0.717, 1.165) is 0 Å². The van der Waals surface area contributed by atoms with Crippen molar-refractivity contribution in [1.82, 2.24) is 4.90 Å². The Labute approximate surface area is 88.5 Å². The number of carbonyl (C=O) groups is 1. The van der Waals surface area contributed by atoms with Crippen molar-refractivity contribution < 1.29 is 14.6 Å². The van der Waals surface area contributed by atoms with Crippen LogP contribution in [-0.2, 0) is 14.6 Å². The molecule has 0 spiro atoms. The van der Waals surface area contributed by atoms with Gasteiger partial charge in [-0.2, -0.15) is 0 Å². The van der Waals surface area contributed by atoms with Crippen LogP contribution in [-0.4, -0.2) is 29.3 Å². The number of terminal acetylenes is 1. The number of hydrogen-bond donors (Lipinski definition) is 1. The van der Waals surface area contributed by atoms with Crippen LogP contribution in [0.15, 0.2) is 0 Å². The second-order valence-corrected chi connectivity index (χ2v) is 3.07. The minimum absolute atomic E-state index is 0.557. The van der Waals surface area contributed by atoms with Crippen molar-refractivity contribution in [2.45, 2.75) is 6.92 Å². The molecule has 0 aromatic heterocycles. The van der Waals surface area contributed by atoms with Gasteiger partial charge in [-0.05, 0) is 0 Å². The molecule has 0 unspecified atom stereocenters. The maximum Gasteiger partial charge on any atom is 0.353 e. The summed E-state index contributed by atoms with van der Waals surface area (Å²) in [5.41, 5.74) is 0. The smallest absolute Gasteiger partial charge is 0.353 e. The van der Waals surface area contributed by atoms with Crippen LogP contribution in [0, 0.1) is 12.5 Å². The summed E-state index contributed by atoms with van der Waals surface area (Å²) in [6, 6.07) is 0. The molecule has 0 amide bonds. The van der Waals surface area contributed by atoms with Gasteiger partial charge in [0.2, 0.25) is 0 Å². The van der Waals surface area contributed by atoms with E-state index in [1.807, 2.05) is 14.1 Å². The third-order valence-electron chi connectivity index (χ3n) is 0.590. The van der Waals surface area contributed by atoms with Gasteiger partial charge in [0.05, 0.1) is 0 Å². The zero-order valence-corrected chi connectivity index (χ0v) is 9.32. The van der Waals surface area contributed by atoms with Gasteiger partial charge in [0.1, 0.15) is 4.32 Å². The van der Waals surface area contributed by atoms with Gasteiger partial charge >= 0.3 is 5.97 Å². The van der Waals surface area contributed by atoms with E-state index in [2.05, 4.69) is 41.0 Å². The second kappa shape index (κ2) is 9.16. The molecule has 6 heteroatoms. The van der Waals surface area contributed by atoms with Crippen molar-refractivity contribution >= 4 is 35.1 Å². The third kappa shape index (κ3) is 18.2. The Kier molecular flexibility index (Phi) is 10.3. The summed E-state index contributed by atoms with van der Waals surface area (Å²) < 4.78 is 0.620. The number of nitrogens with zero attached hydrogens (tertiary/aromatic N) is 1. The van der Waals surface area contributed by atoms with Crippen LogP contribution in [0.1, 0.15) is 6.92 Å². The predicted octanol–water partition coefficient (Wildman–Crippen LogP) is 0.835. The van der Waals surface area contributed by atoms with Gasteiger partial charge < -0.3 is 4.90 Å². The number of thiocarbonyl (C=S) groups is 1. The molecule has 0 bridgehead atoms. The van der Waals surface area contributed by atoms with E-state index in [1.54, 1.807) is 11.0 Å². The second-order valence-electron chi connectivity index (χ2n) is 1.95. The van der Waals surface area contributed by atoms with E-state index in [1.165, 1.54) is 6.92 Å². The molecular weight excluding hydrogens is 210 g/mol. The summed E-state index contributed by atoms with van der Waals surface area (Å²) in [5, 5.41) is 0. The van der Waals surface area contributed by atoms with E-state index in [9.17, 15) is 4.79 Å². The normalized spacial score (nSPS) is 7.00. The highest BCUT2D eigenvalue weighted by Crippen LogP contribution is 1.84. The van der Waals surface area contributed by atoms with Crippen molar-refractivity contribution in [3.63, 3.8) is 0 Å². The first kappa shape index (κ1) is 14.6. The lowest BCUT2D eigenvalue weighted by Gasteiger charge is -2.05. The van der Waals surface area contributed by atoms with Gasteiger partial charge in [-0.1, -0.05) is 18.6 Å². The monoisotopic (exact) mass is 221 g/mol. The molecule has 74 valence electrons. The van der Waals surface area contributed by atoms with E-state index in [-0.39, 0.29) is 0 Å². The van der Waals surface area contributed by atoms with Crippen LogP contribution in [0.3, 0.4) is 0 Å². The van der Waals surface area contributed by atoms with Gasteiger partial charge in [0.25, 0.3) is 0 Å². The molecule has 0 aliphatic heterocycles. The van der Waals surface area contributed by atoms with Crippen LogP contribution >= 0.6 is 24.8 Å². The molecule has 0 saturated carbocycles. The third-order valence-corrected chi connectivity index (χ3v) is 1.35. The zero-order valence-electron chi connectivity index (χ0n) is 7.60. The highest BCUT2D eigenvalue weighted by molar-refractivity contribution is 8.10. The summed E-state index contributed by atoms with van der Waals surface area (Å²) >= 11 is 8.46. The van der Waals surface area contributed by atoms with Crippen LogP contribution in [0.2, 0.25) is 0 Å². The van der Waals surface area contributed by atoms with Crippen molar-refractivity contribution in [3.8, 4) is 12.5 Å². The van der Waals surface area contributed by atoms with E-state index in [0.29, 0.717) is 4.32 Å². The molecule has 0 aliphatic carbocycles. The summed E-state index contributed by atoms with van der Waals surface area (Å²) in [5.74, 6) is -0.557. The van der Waals surface area contributed by atoms with Gasteiger partial charge in [-0.15, -0.1) is 12.6 Å². The Balaban J connectivity index is 0. The predicted molar refractivity (Wildman–Crippen MR) is 57.0 cm³/mol. The lowest BCUT2D eigenvalue weighted by atomic mass is 10.8. The number of hydrogen-bond acceptors (Lipinski definition) is 4. The van der Waals surface area contributed by atoms with E-state index in [4.69, 9.17) is 0 Å². The number of carbonyl (C=O) groups excluding carboxylic acids is 1. The molecular formula is C7H11NO3S2. The Morgan fingerprint density at radius 3 is 2.08 bits per heavy atom. The first-order valence-electron chi connectivity index (χ1n) is 3.11.